The van der Waals surface area contributed by atoms with E-state index in [-0.39, 0.29) is 0 Å². The van der Waals surface area contributed by atoms with Gasteiger partial charge in [-0.25, -0.2) is 9.97 Å². The smallest absolute Gasteiger partial charge is 0.182 e. The molecule has 1 aliphatic carbocycles. The van der Waals surface area contributed by atoms with Gasteiger partial charge in [0.05, 0.1) is 0 Å². The number of nitriles is 1. The first kappa shape index (κ1) is 11.2. The molecule has 2 atom stereocenters. The molecule has 0 amide bonds. The Kier molecular flexibility index (Phi) is 3.62. The van der Waals surface area contributed by atoms with E-state index < -0.39 is 0 Å². The predicted octanol–water partition coefficient (Wildman–Crippen LogP) is 2.04. The Morgan fingerprint density at radius 2 is 2.25 bits per heavy atom. The van der Waals surface area contributed by atoms with Crippen molar-refractivity contribution in [3.63, 3.8) is 0 Å². The van der Waals surface area contributed by atoms with Gasteiger partial charge < -0.3 is 5.32 Å². The summed E-state index contributed by atoms with van der Waals surface area (Å²) in [6.07, 6.45) is 8.92. The Labute approximate surface area is 99.5 Å². The van der Waals surface area contributed by atoms with Crippen LogP contribution < -0.4 is 5.32 Å². The molecule has 0 saturated heterocycles. The molecule has 1 fully saturated rings. The summed E-state index contributed by atoms with van der Waals surface area (Å²) in [4.78, 5) is 8.17. The summed E-state index contributed by atoms with van der Waals surface area (Å²) in [5, 5.41) is 12.9. The Bertz CT molecular complexity index is 401. The van der Waals surface area contributed by atoms with E-state index in [0.717, 1.165) is 6.42 Å². The maximum absolute atomic E-state index is 8.92. The average molecular weight is 234 g/mol. The van der Waals surface area contributed by atoms with Crippen LogP contribution in [0.25, 0.3) is 0 Å². The highest BCUT2D eigenvalue weighted by Gasteiger charge is 2.27. The van der Waals surface area contributed by atoms with Gasteiger partial charge in [-0.05, 0) is 19.1 Å². The second kappa shape index (κ2) is 5.17. The quantitative estimate of drug-likeness (QED) is 0.867. The molecule has 1 heterocycles. The Morgan fingerprint density at radius 3 is 3.00 bits per heavy atom. The van der Waals surface area contributed by atoms with Crippen molar-refractivity contribution in [3.05, 3.63) is 18.1 Å². The van der Waals surface area contributed by atoms with E-state index in [1.165, 1.54) is 12.8 Å². The predicted molar refractivity (Wildman–Crippen MR) is 65.3 cm³/mol. The second-order valence-corrected chi connectivity index (χ2v) is 4.90. The molecule has 0 spiro atoms. The van der Waals surface area contributed by atoms with E-state index in [2.05, 4.69) is 27.6 Å². The number of anilines is 1. The van der Waals surface area contributed by atoms with Crippen LogP contribution in [0.5, 0.6) is 0 Å². The summed E-state index contributed by atoms with van der Waals surface area (Å²) in [5.41, 5.74) is 0.384. The van der Waals surface area contributed by atoms with Crippen LogP contribution in [-0.4, -0.2) is 27.5 Å². The van der Waals surface area contributed by atoms with E-state index in [9.17, 15) is 0 Å². The fraction of sp³-hybridized carbons (Fsp3) is 0.545. The first-order valence-corrected chi connectivity index (χ1v) is 6.64. The number of aromatic nitrogens is 2. The molecule has 2 rings (SSSR count). The lowest BCUT2D eigenvalue weighted by molar-refractivity contribution is 0.761. The van der Waals surface area contributed by atoms with Crippen LogP contribution in [0.2, 0.25) is 0 Å². The summed E-state index contributed by atoms with van der Waals surface area (Å²) in [7, 11) is 0. The lowest BCUT2D eigenvalue weighted by Gasteiger charge is -2.19. The molecule has 0 aliphatic heterocycles. The lowest BCUT2D eigenvalue weighted by Crippen LogP contribution is -2.26. The van der Waals surface area contributed by atoms with Gasteiger partial charge in [0.15, 0.2) is 11.5 Å². The van der Waals surface area contributed by atoms with Gasteiger partial charge in [-0.1, -0.05) is 6.42 Å². The van der Waals surface area contributed by atoms with Crippen LogP contribution in [0.1, 0.15) is 25.0 Å². The van der Waals surface area contributed by atoms with Crippen molar-refractivity contribution in [3.8, 4) is 6.07 Å². The third kappa shape index (κ3) is 2.27. The highest BCUT2D eigenvalue weighted by molar-refractivity contribution is 7.99. The molecule has 1 aromatic heterocycles. The molecular formula is C11H14N4S. The minimum atomic E-state index is 0.384. The van der Waals surface area contributed by atoms with Gasteiger partial charge in [-0.3, -0.25) is 0 Å². The molecule has 1 aliphatic rings. The fourth-order valence-electron chi connectivity index (χ4n) is 2.07. The summed E-state index contributed by atoms with van der Waals surface area (Å²) in [6, 6.07) is 2.48. The molecule has 2 unspecified atom stereocenters. The Balaban J connectivity index is 2.12. The van der Waals surface area contributed by atoms with Crippen LogP contribution in [0.3, 0.4) is 0 Å². The van der Waals surface area contributed by atoms with Crippen molar-refractivity contribution in [2.45, 2.75) is 30.6 Å². The van der Waals surface area contributed by atoms with Crippen LogP contribution in [0, 0.1) is 11.3 Å². The molecule has 16 heavy (non-hydrogen) atoms. The van der Waals surface area contributed by atoms with Crippen molar-refractivity contribution in [1.29, 1.82) is 5.26 Å². The highest BCUT2D eigenvalue weighted by Crippen LogP contribution is 2.30. The van der Waals surface area contributed by atoms with Crippen molar-refractivity contribution >= 4 is 17.6 Å². The van der Waals surface area contributed by atoms with Crippen molar-refractivity contribution in [2.75, 3.05) is 11.6 Å². The van der Waals surface area contributed by atoms with Crippen LogP contribution >= 0.6 is 11.8 Å². The minimum absolute atomic E-state index is 0.384. The van der Waals surface area contributed by atoms with E-state index in [0.29, 0.717) is 22.8 Å². The van der Waals surface area contributed by atoms with Crippen molar-refractivity contribution < 1.29 is 0 Å². The van der Waals surface area contributed by atoms with Gasteiger partial charge >= 0.3 is 0 Å². The zero-order chi connectivity index (χ0) is 11.4. The van der Waals surface area contributed by atoms with Crippen LogP contribution in [-0.2, 0) is 0 Å². The molecule has 1 aromatic rings. The van der Waals surface area contributed by atoms with E-state index in [1.54, 1.807) is 12.4 Å². The van der Waals surface area contributed by atoms with E-state index >= 15 is 0 Å². The summed E-state index contributed by atoms with van der Waals surface area (Å²) in [6.45, 7) is 0. The largest absolute Gasteiger partial charge is 0.364 e. The third-order valence-corrected chi connectivity index (χ3v) is 4.05. The SMILES string of the molecule is CSC1CCCC1Nc1nccnc1C#N. The van der Waals surface area contributed by atoms with Crippen molar-refractivity contribution in [2.24, 2.45) is 0 Å². The van der Waals surface area contributed by atoms with E-state index in [1.807, 2.05) is 11.8 Å². The highest BCUT2D eigenvalue weighted by atomic mass is 32.2. The molecule has 84 valence electrons. The number of nitrogens with zero attached hydrogens (tertiary/aromatic N) is 3. The Hall–Kier alpha value is -1.28. The zero-order valence-corrected chi connectivity index (χ0v) is 10.00. The topological polar surface area (TPSA) is 61.6 Å². The summed E-state index contributed by atoms with van der Waals surface area (Å²) < 4.78 is 0. The number of rotatable bonds is 3. The Morgan fingerprint density at radius 1 is 1.44 bits per heavy atom. The number of hydrogen-bond donors (Lipinski definition) is 1. The molecule has 5 heteroatoms. The zero-order valence-electron chi connectivity index (χ0n) is 9.18. The standard InChI is InChI=1S/C11H14N4S/c1-16-10-4-2-3-8(10)15-11-9(7-12)13-5-6-14-11/h5-6,8,10H,2-4H2,1H3,(H,14,15). The number of hydrogen-bond acceptors (Lipinski definition) is 5. The third-order valence-electron chi connectivity index (χ3n) is 2.88. The molecule has 0 radical (unpaired) electrons. The molecule has 1 saturated carbocycles. The lowest BCUT2D eigenvalue weighted by atomic mass is 10.2. The van der Waals surface area contributed by atoms with Gasteiger partial charge in [0, 0.05) is 23.7 Å². The fourth-order valence-corrected chi connectivity index (χ4v) is 3.01. The minimum Gasteiger partial charge on any atom is -0.364 e. The number of nitrogens with one attached hydrogen (secondary N) is 1. The first-order valence-electron chi connectivity index (χ1n) is 5.35. The van der Waals surface area contributed by atoms with Gasteiger partial charge in [0.25, 0.3) is 0 Å². The van der Waals surface area contributed by atoms with Gasteiger partial charge in [0.1, 0.15) is 6.07 Å². The maximum atomic E-state index is 8.92. The molecule has 0 bridgehead atoms. The van der Waals surface area contributed by atoms with Crippen LogP contribution in [0.4, 0.5) is 5.82 Å². The van der Waals surface area contributed by atoms with Crippen molar-refractivity contribution in [1.82, 2.24) is 9.97 Å². The van der Waals surface area contributed by atoms with Gasteiger partial charge in [0.2, 0.25) is 0 Å². The summed E-state index contributed by atoms with van der Waals surface area (Å²) >= 11 is 1.88. The van der Waals surface area contributed by atoms with Gasteiger partial charge in [-0.2, -0.15) is 17.0 Å². The molecule has 1 N–H and O–H groups in total. The average Bonchev–Trinajstić information content (AvgIpc) is 2.77. The van der Waals surface area contributed by atoms with Gasteiger partial charge in [-0.15, -0.1) is 0 Å². The van der Waals surface area contributed by atoms with Crippen LogP contribution in [0.15, 0.2) is 12.4 Å². The first-order chi connectivity index (χ1) is 7.85. The van der Waals surface area contributed by atoms with E-state index in [4.69, 9.17) is 5.26 Å². The normalized spacial score (nSPS) is 24.0. The molecule has 0 aromatic carbocycles. The molecular weight excluding hydrogens is 220 g/mol. The number of thioether (sulfide) groups is 1. The summed E-state index contributed by atoms with van der Waals surface area (Å²) in [5.74, 6) is 0.621. The maximum Gasteiger partial charge on any atom is 0.182 e. The molecule has 4 nitrogen and oxygen atoms in total. The monoisotopic (exact) mass is 234 g/mol. The second-order valence-electron chi connectivity index (χ2n) is 3.82.